The minimum Gasteiger partial charge on any atom is -0.480 e. The minimum atomic E-state index is -3.55. The van der Waals surface area contributed by atoms with E-state index in [-0.39, 0.29) is 18.0 Å². The molecule has 0 aliphatic carbocycles. The van der Waals surface area contributed by atoms with E-state index in [9.17, 15) is 13.2 Å². The van der Waals surface area contributed by atoms with Gasteiger partial charge in [0.25, 0.3) is 5.91 Å². The van der Waals surface area contributed by atoms with Crippen molar-refractivity contribution in [3.05, 3.63) is 23.8 Å². The number of hydrogen-bond donors (Lipinski definition) is 0. The van der Waals surface area contributed by atoms with E-state index < -0.39 is 16.1 Å². The molecule has 0 bridgehead atoms. The van der Waals surface area contributed by atoms with Crippen molar-refractivity contribution < 1.29 is 17.9 Å². The summed E-state index contributed by atoms with van der Waals surface area (Å²) in [6.45, 7) is 13.3. The molecule has 1 saturated heterocycles. The molecule has 1 amide bonds. The van der Waals surface area contributed by atoms with E-state index in [0.717, 1.165) is 12.0 Å². The molecule has 7 heteroatoms. The van der Waals surface area contributed by atoms with Crippen LogP contribution in [-0.2, 0) is 21.2 Å². The van der Waals surface area contributed by atoms with Gasteiger partial charge in [-0.2, -0.15) is 4.31 Å². The number of rotatable bonds is 5. The number of carbonyl (C=O) groups is 1. The summed E-state index contributed by atoms with van der Waals surface area (Å²) in [6.07, 6.45) is 0.860. The number of hydrogen-bond acceptors (Lipinski definition) is 4. The van der Waals surface area contributed by atoms with Crippen LogP contribution in [0.5, 0.6) is 5.75 Å². The van der Waals surface area contributed by atoms with E-state index in [4.69, 9.17) is 4.74 Å². The molecule has 6 nitrogen and oxygen atoms in total. The van der Waals surface area contributed by atoms with E-state index in [1.54, 1.807) is 22.5 Å². The highest BCUT2D eigenvalue weighted by Crippen LogP contribution is 2.34. The van der Waals surface area contributed by atoms with E-state index in [2.05, 4.69) is 13.8 Å². The summed E-state index contributed by atoms with van der Waals surface area (Å²) < 4.78 is 33.9. The summed E-state index contributed by atoms with van der Waals surface area (Å²) in [5, 5.41) is 0. The predicted molar refractivity (Wildman–Crippen MR) is 113 cm³/mol. The van der Waals surface area contributed by atoms with Crippen LogP contribution in [0, 0.1) is 11.8 Å². The number of nitrogens with zero attached hydrogens (tertiary/aromatic N) is 2. The third-order valence-electron chi connectivity index (χ3n) is 5.82. The smallest absolute Gasteiger partial charge is 0.264 e. The van der Waals surface area contributed by atoms with Crippen LogP contribution >= 0.6 is 0 Å². The molecule has 0 radical (unpaired) electrons. The van der Waals surface area contributed by atoms with E-state index in [0.29, 0.717) is 42.0 Å². The lowest BCUT2D eigenvalue weighted by Gasteiger charge is -2.34. The average Bonchev–Trinajstić information content (AvgIpc) is 3.03. The first-order valence-corrected chi connectivity index (χ1v) is 12.1. The van der Waals surface area contributed by atoms with Gasteiger partial charge in [0.15, 0.2) is 6.10 Å². The molecule has 0 spiro atoms. The molecule has 1 aromatic rings. The maximum Gasteiger partial charge on any atom is 0.264 e. The zero-order chi connectivity index (χ0) is 21.5. The lowest BCUT2D eigenvalue weighted by molar-refractivity contribution is -0.141. The van der Waals surface area contributed by atoms with Gasteiger partial charge in [-0.1, -0.05) is 13.8 Å². The fourth-order valence-corrected chi connectivity index (χ4v) is 6.48. The molecule has 2 heterocycles. The number of piperidine rings is 1. The zero-order valence-electron chi connectivity index (χ0n) is 18.4. The van der Waals surface area contributed by atoms with Crippen LogP contribution in [0.4, 0.5) is 0 Å². The molecule has 3 unspecified atom stereocenters. The number of amides is 1. The number of ether oxygens (including phenoxy) is 1. The van der Waals surface area contributed by atoms with E-state index in [1.807, 2.05) is 32.6 Å². The molecule has 29 heavy (non-hydrogen) atoms. The maximum atomic E-state index is 13.2. The van der Waals surface area contributed by atoms with Crippen LogP contribution in [-0.4, -0.2) is 54.8 Å². The van der Waals surface area contributed by atoms with Gasteiger partial charge in [-0.15, -0.1) is 0 Å². The molecule has 3 atom stereocenters. The molecule has 3 rings (SSSR count). The van der Waals surface area contributed by atoms with Crippen molar-refractivity contribution in [3.63, 3.8) is 0 Å². The van der Waals surface area contributed by atoms with Crippen molar-refractivity contribution >= 4 is 15.9 Å². The summed E-state index contributed by atoms with van der Waals surface area (Å²) >= 11 is 0. The van der Waals surface area contributed by atoms with Gasteiger partial charge < -0.3 is 9.64 Å². The molecular formula is C22H34N2O4S. The summed E-state index contributed by atoms with van der Waals surface area (Å²) in [6, 6.07) is 5.15. The monoisotopic (exact) mass is 422 g/mol. The number of benzene rings is 1. The summed E-state index contributed by atoms with van der Waals surface area (Å²) in [7, 11) is -3.55. The Hall–Kier alpha value is -1.60. The average molecular weight is 423 g/mol. The Balaban J connectivity index is 1.81. The number of carbonyl (C=O) groups excluding carboxylic acids is 1. The molecule has 1 fully saturated rings. The van der Waals surface area contributed by atoms with Gasteiger partial charge in [-0.05, 0) is 69.7 Å². The fourth-order valence-electron chi connectivity index (χ4n) is 4.75. The molecule has 0 N–H and O–H groups in total. The molecule has 0 aromatic heterocycles. The van der Waals surface area contributed by atoms with Crippen molar-refractivity contribution in [2.75, 3.05) is 13.1 Å². The Kier molecular flexibility index (Phi) is 6.30. The van der Waals surface area contributed by atoms with E-state index >= 15 is 0 Å². The first-order valence-electron chi connectivity index (χ1n) is 10.6. The molecule has 1 aromatic carbocycles. The molecule has 0 saturated carbocycles. The third kappa shape index (κ3) is 4.45. The zero-order valence-corrected chi connectivity index (χ0v) is 19.2. The van der Waals surface area contributed by atoms with Crippen LogP contribution in [0.3, 0.4) is 0 Å². The van der Waals surface area contributed by atoms with Crippen molar-refractivity contribution in [1.29, 1.82) is 0 Å². The quantitative estimate of drug-likeness (QED) is 0.730. The highest BCUT2D eigenvalue weighted by atomic mass is 32.2. The predicted octanol–water partition coefficient (Wildman–Crippen LogP) is 3.30. The van der Waals surface area contributed by atoms with Crippen LogP contribution in [0.15, 0.2) is 23.1 Å². The SMILES string of the molecule is CC1CC(C)CN(S(=O)(=O)c2ccc3c(c2)CC(C(=O)N(C(C)C)C(C)C)O3)C1. The van der Waals surface area contributed by atoms with Crippen molar-refractivity contribution in [1.82, 2.24) is 9.21 Å². The van der Waals surface area contributed by atoms with Gasteiger partial charge in [0.2, 0.25) is 10.0 Å². The molecular weight excluding hydrogens is 388 g/mol. The second kappa shape index (κ2) is 8.26. The van der Waals surface area contributed by atoms with Crippen LogP contribution in [0.25, 0.3) is 0 Å². The van der Waals surface area contributed by atoms with Gasteiger partial charge in [-0.25, -0.2) is 8.42 Å². The largest absolute Gasteiger partial charge is 0.480 e. The van der Waals surface area contributed by atoms with Gasteiger partial charge in [0.1, 0.15) is 5.75 Å². The van der Waals surface area contributed by atoms with Gasteiger partial charge >= 0.3 is 0 Å². The lowest BCUT2D eigenvalue weighted by Crippen LogP contribution is -2.48. The standard InChI is InChI=1S/C22H34N2O4S/c1-14(2)24(15(3)4)22(25)21-11-18-10-19(7-8-20(18)28-21)29(26,27)23-12-16(5)9-17(6)13-23/h7-8,10,14-17,21H,9,11-13H2,1-6H3. The second-order valence-electron chi connectivity index (χ2n) is 9.28. The summed E-state index contributed by atoms with van der Waals surface area (Å²) in [5.74, 6) is 1.27. The minimum absolute atomic E-state index is 0.0470. The lowest BCUT2D eigenvalue weighted by atomic mass is 9.94. The van der Waals surface area contributed by atoms with Crippen LogP contribution in [0.2, 0.25) is 0 Å². The molecule has 2 aliphatic rings. The van der Waals surface area contributed by atoms with E-state index in [1.165, 1.54) is 0 Å². The van der Waals surface area contributed by atoms with Gasteiger partial charge in [-0.3, -0.25) is 4.79 Å². The summed E-state index contributed by atoms with van der Waals surface area (Å²) in [5.41, 5.74) is 0.787. The second-order valence-corrected chi connectivity index (χ2v) is 11.2. The Bertz CT molecular complexity index is 848. The first kappa shape index (κ1) is 22.1. The topological polar surface area (TPSA) is 66.9 Å². The Labute approximate surface area is 175 Å². The van der Waals surface area contributed by atoms with Crippen molar-refractivity contribution in [2.45, 2.75) is 77.5 Å². The fraction of sp³-hybridized carbons (Fsp3) is 0.682. The normalized spacial score (nSPS) is 25.2. The highest BCUT2D eigenvalue weighted by molar-refractivity contribution is 7.89. The maximum absolute atomic E-state index is 13.2. The Morgan fingerprint density at radius 2 is 1.69 bits per heavy atom. The van der Waals surface area contributed by atoms with Crippen molar-refractivity contribution in [3.8, 4) is 5.75 Å². The number of sulfonamides is 1. The van der Waals surface area contributed by atoms with Crippen molar-refractivity contribution in [2.24, 2.45) is 11.8 Å². The van der Waals surface area contributed by atoms with Gasteiger partial charge in [0.05, 0.1) is 4.90 Å². The Morgan fingerprint density at radius 1 is 1.10 bits per heavy atom. The number of fused-ring (bicyclic) bond motifs is 1. The molecule has 162 valence electrons. The Morgan fingerprint density at radius 3 is 2.24 bits per heavy atom. The summed E-state index contributed by atoms with van der Waals surface area (Å²) in [4.78, 5) is 15.1. The third-order valence-corrected chi connectivity index (χ3v) is 7.65. The van der Waals surface area contributed by atoms with Crippen LogP contribution < -0.4 is 4.74 Å². The van der Waals surface area contributed by atoms with Gasteiger partial charge in [0, 0.05) is 31.6 Å². The highest BCUT2D eigenvalue weighted by Gasteiger charge is 2.36. The first-order chi connectivity index (χ1) is 13.5. The molecule has 2 aliphatic heterocycles. The van der Waals surface area contributed by atoms with Crippen LogP contribution in [0.1, 0.15) is 53.5 Å².